The molecule has 0 atom stereocenters. The Hall–Kier alpha value is -0.890. The summed E-state index contributed by atoms with van der Waals surface area (Å²) in [7, 11) is 0. The van der Waals surface area contributed by atoms with Gasteiger partial charge in [0, 0.05) is 25.0 Å². The third-order valence-corrected chi connectivity index (χ3v) is 5.46. The van der Waals surface area contributed by atoms with Gasteiger partial charge in [0.1, 0.15) is 0 Å². The zero-order chi connectivity index (χ0) is 14.6. The fourth-order valence-electron chi connectivity index (χ4n) is 3.32. The van der Waals surface area contributed by atoms with E-state index in [-0.39, 0.29) is 0 Å². The molecule has 1 fully saturated rings. The quantitative estimate of drug-likeness (QED) is 0.856. The molecule has 0 aliphatic heterocycles. The van der Waals surface area contributed by atoms with Crippen LogP contribution in [0.4, 0.5) is 0 Å². The summed E-state index contributed by atoms with van der Waals surface area (Å²) in [4.78, 5) is 4.16. The molecule has 1 saturated carbocycles. The number of nitrogens with one attached hydrogen (secondary N) is 1. The van der Waals surface area contributed by atoms with Crippen molar-refractivity contribution in [2.45, 2.75) is 72.4 Å². The molecule has 0 saturated heterocycles. The molecule has 1 aromatic heterocycles. The molecule has 1 aliphatic rings. The van der Waals surface area contributed by atoms with Gasteiger partial charge < -0.3 is 5.32 Å². The van der Waals surface area contributed by atoms with E-state index in [4.69, 9.17) is 0 Å². The minimum Gasteiger partial charge on any atom is -0.310 e. The first kappa shape index (κ1) is 15.5. The predicted octanol–water partition coefficient (Wildman–Crippen LogP) is 4.47. The maximum atomic E-state index is 4.16. The van der Waals surface area contributed by atoms with Gasteiger partial charge in [-0.15, -0.1) is 0 Å². The maximum Gasteiger partial charge on any atom is 0.0300 e. The molecule has 1 heterocycles. The molecular weight excluding hydrogens is 244 g/mol. The first-order valence-electron chi connectivity index (χ1n) is 8.16. The Bertz CT molecular complexity index is 417. The van der Waals surface area contributed by atoms with Crippen LogP contribution in [0.5, 0.6) is 0 Å². The van der Waals surface area contributed by atoms with Crippen LogP contribution in [-0.4, -0.2) is 11.0 Å². The maximum absolute atomic E-state index is 4.16. The van der Waals surface area contributed by atoms with Crippen LogP contribution in [0.1, 0.15) is 64.0 Å². The number of aromatic nitrogens is 1. The molecule has 2 nitrogen and oxygen atoms in total. The summed E-state index contributed by atoms with van der Waals surface area (Å²) < 4.78 is 0. The summed E-state index contributed by atoms with van der Waals surface area (Å²) in [6.45, 7) is 10.3. The Kier molecular flexibility index (Phi) is 5.20. The summed E-state index contributed by atoms with van der Waals surface area (Å²) in [5.74, 6) is 0.910. The molecule has 112 valence electrons. The lowest BCUT2D eigenvalue weighted by molar-refractivity contribution is 0.137. The smallest absolute Gasteiger partial charge is 0.0300 e. The Labute approximate surface area is 124 Å². The van der Waals surface area contributed by atoms with Gasteiger partial charge in [-0.2, -0.15) is 0 Å². The van der Waals surface area contributed by atoms with E-state index in [0.29, 0.717) is 11.5 Å². The molecule has 20 heavy (non-hydrogen) atoms. The topological polar surface area (TPSA) is 24.9 Å². The average molecular weight is 274 g/mol. The van der Waals surface area contributed by atoms with Crippen LogP contribution in [-0.2, 0) is 6.54 Å². The summed E-state index contributed by atoms with van der Waals surface area (Å²) in [6, 6.07) is 2.83. The number of nitrogens with zero attached hydrogens (tertiary/aromatic N) is 1. The zero-order valence-corrected chi connectivity index (χ0v) is 13.6. The van der Waals surface area contributed by atoms with E-state index in [2.05, 4.69) is 44.1 Å². The minimum atomic E-state index is 0.520. The number of rotatable bonds is 5. The summed E-state index contributed by atoms with van der Waals surface area (Å²) >= 11 is 0. The second kappa shape index (κ2) is 6.71. The second-order valence-electron chi connectivity index (χ2n) is 7.07. The molecular formula is C18H30N2. The molecule has 2 heteroatoms. The lowest BCUT2D eigenvalue weighted by Gasteiger charge is -2.39. The predicted molar refractivity (Wildman–Crippen MR) is 85.6 cm³/mol. The largest absolute Gasteiger partial charge is 0.310 e. The Morgan fingerprint density at radius 2 is 1.95 bits per heavy atom. The number of pyridine rings is 1. The monoisotopic (exact) mass is 274 g/mol. The molecule has 0 unspecified atom stereocenters. The molecule has 0 bridgehead atoms. The molecule has 1 aliphatic carbocycles. The lowest BCUT2D eigenvalue weighted by atomic mass is 9.69. The highest BCUT2D eigenvalue weighted by Crippen LogP contribution is 2.40. The van der Waals surface area contributed by atoms with Crippen molar-refractivity contribution >= 4 is 0 Å². The van der Waals surface area contributed by atoms with Gasteiger partial charge >= 0.3 is 0 Å². The summed E-state index contributed by atoms with van der Waals surface area (Å²) in [5, 5.41) is 3.74. The number of aryl methyl sites for hydroxylation is 1. The van der Waals surface area contributed by atoms with Gasteiger partial charge in [0.25, 0.3) is 0 Å². The van der Waals surface area contributed by atoms with E-state index in [9.17, 15) is 0 Å². The Morgan fingerprint density at radius 3 is 2.55 bits per heavy atom. The molecule has 0 radical (unpaired) electrons. The van der Waals surface area contributed by atoms with E-state index >= 15 is 0 Å². The minimum absolute atomic E-state index is 0.520. The fourth-order valence-corrected chi connectivity index (χ4v) is 3.32. The summed E-state index contributed by atoms with van der Waals surface area (Å²) in [5.41, 5.74) is 3.20. The summed E-state index contributed by atoms with van der Waals surface area (Å²) in [6.07, 6.45) is 10.6. The van der Waals surface area contributed by atoms with Crippen molar-refractivity contribution in [3.63, 3.8) is 0 Å². The van der Waals surface area contributed by atoms with Crippen LogP contribution in [0.2, 0.25) is 0 Å². The molecule has 2 rings (SSSR count). The van der Waals surface area contributed by atoms with Crippen molar-refractivity contribution in [2.24, 2.45) is 11.3 Å². The average Bonchev–Trinajstić information content (AvgIpc) is 2.47. The van der Waals surface area contributed by atoms with Crippen molar-refractivity contribution in [3.8, 4) is 0 Å². The highest BCUT2D eigenvalue weighted by atomic mass is 14.9. The zero-order valence-electron chi connectivity index (χ0n) is 13.6. The normalized spacial score (nSPS) is 23.8. The van der Waals surface area contributed by atoms with E-state index in [1.54, 1.807) is 0 Å². The van der Waals surface area contributed by atoms with Gasteiger partial charge in [-0.1, -0.05) is 27.2 Å². The van der Waals surface area contributed by atoms with Gasteiger partial charge in [-0.25, -0.2) is 0 Å². The van der Waals surface area contributed by atoms with Crippen LogP contribution in [0.3, 0.4) is 0 Å². The Morgan fingerprint density at radius 1 is 1.25 bits per heavy atom. The third-order valence-electron chi connectivity index (χ3n) is 5.46. The molecule has 0 spiro atoms. The van der Waals surface area contributed by atoms with Gasteiger partial charge in [0.2, 0.25) is 0 Å². The molecule has 0 amide bonds. The number of hydrogen-bond acceptors (Lipinski definition) is 2. The van der Waals surface area contributed by atoms with Crippen LogP contribution in [0, 0.1) is 18.3 Å². The van der Waals surface area contributed by atoms with Crippen molar-refractivity contribution in [1.29, 1.82) is 0 Å². The van der Waals surface area contributed by atoms with Crippen LogP contribution >= 0.6 is 0 Å². The van der Waals surface area contributed by atoms with Crippen LogP contribution < -0.4 is 5.32 Å². The van der Waals surface area contributed by atoms with Crippen LogP contribution in [0.25, 0.3) is 0 Å². The molecule has 0 aromatic carbocycles. The fraction of sp³-hybridized carbons (Fsp3) is 0.722. The van der Waals surface area contributed by atoms with Gasteiger partial charge in [-0.3, -0.25) is 4.98 Å². The van der Waals surface area contributed by atoms with E-state index in [1.165, 1.54) is 43.2 Å². The first-order chi connectivity index (χ1) is 9.53. The lowest BCUT2D eigenvalue weighted by Crippen LogP contribution is -2.36. The molecule has 1 aromatic rings. The van der Waals surface area contributed by atoms with Crippen molar-refractivity contribution in [1.82, 2.24) is 10.3 Å². The van der Waals surface area contributed by atoms with Gasteiger partial charge in [0.15, 0.2) is 0 Å². The van der Waals surface area contributed by atoms with E-state index < -0.39 is 0 Å². The Balaban J connectivity index is 1.79. The molecule has 1 N–H and O–H groups in total. The van der Waals surface area contributed by atoms with Crippen molar-refractivity contribution < 1.29 is 0 Å². The first-order valence-corrected chi connectivity index (χ1v) is 8.16. The van der Waals surface area contributed by atoms with Crippen molar-refractivity contribution in [2.75, 3.05) is 0 Å². The highest BCUT2D eigenvalue weighted by molar-refractivity contribution is 5.21. The third kappa shape index (κ3) is 3.82. The van der Waals surface area contributed by atoms with Gasteiger partial charge in [-0.05, 0) is 61.1 Å². The SMILES string of the molecule is CCC(C)(C)C1CCC(NCc2ccncc2C)CC1. The number of hydrogen-bond donors (Lipinski definition) is 1. The van der Waals surface area contributed by atoms with Gasteiger partial charge in [0.05, 0.1) is 0 Å². The second-order valence-corrected chi connectivity index (χ2v) is 7.07. The van der Waals surface area contributed by atoms with E-state index in [0.717, 1.165) is 12.5 Å². The van der Waals surface area contributed by atoms with Crippen LogP contribution in [0.15, 0.2) is 18.5 Å². The van der Waals surface area contributed by atoms with E-state index in [1.807, 2.05) is 12.4 Å². The van der Waals surface area contributed by atoms with Crippen molar-refractivity contribution in [3.05, 3.63) is 29.6 Å². The standard InChI is InChI=1S/C18H30N2/c1-5-18(3,4)16-6-8-17(9-7-16)20-13-15-10-11-19-12-14(15)2/h10-12,16-17,20H,5-9,13H2,1-4H3. The highest BCUT2D eigenvalue weighted by Gasteiger charge is 2.31.